The van der Waals surface area contributed by atoms with E-state index in [0.717, 1.165) is 36.9 Å². The smallest absolute Gasteiger partial charge is 0.155 e. The molecule has 1 N–H and O–H groups in total. The Kier molecular flexibility index (Phi) is 4.40. The topological polar surface area (TPSA) is 46.2 Å². The minimum atomic E-state index is -3.01. The maximum Gasteiger partial charge on any atom is 0.155 e. The lowest BCUT2D eigenvalue weighted by molar-refractivity contribution is 0.423. The number of benzene rings is 1. The molecule has 1 fully saturated rings. The zero-order chi connectivity index (χ0) is 13.0. The van der Waals surface area contributed by atoms with Crippen molar-refractivity contribution in [3.63, 3.8) is 0 Å². The first-order valence-corrected chi connectivity index (χ1v) is 8.37. The highest BCUT2D eigenvalue weighted by Crippen LogP contribution is 2.13. The molecule has 1 aromatic rings. The van der Waals surface area contributed by atoms with Crippen molar-refractivity contribution < 1.29 is 8.42 Å². The summed E-state index contributed by atoms with van der Waals surface area (Å²) in [6, 6.07) is 7.88. The minimum absolute atomic E-state index is 0.147. The van der Waals surface area contributed by atoms with Gasteiger partial charge in [0, 0.05) is 6.04 Å². The fraction of sp³-hybridized carbons (Fsp3) is 0.571. The monoisotopic (exact) mass is 267 g/mol. The summed E-state index contributed by atoms with van der Waals surface area (Å²) in [6.45, 7) is 2.95. The highest BCUT2D eigenvalue weighted by Gasteiger charge is 2.21. The van der Waals surface area contributed by atoms with Crippen LogP contribution in [-0.2, 0) is 15.6 Å². The van der Waals surface area contributed by atoms with Gasteiger partial charge in [0.05, 0.1) is 11.5 Å². The second-order valence-corrected chi connectivity index (χ2v) is 7.30. The second-order valence-electron chi connectivity index (χ2n) is 5.19. The van der Waals surface area contributed by atoms with E-state index >= 15 is 0 Å². The van der Waals surface area contributed by atoms with Gasteiger partial charge in [0.1, 0.15) is 0 Å². The van der Waals surface area contributed by atoms with Gasteiger partial charge in [-0.2, -0.15) is 0 Å². The lowest BCUT2D eigenvalue weighted by Gasteiger charge is -2.23. The molecule has 100 valence electrons. The average Bonchev–Trinajstić information content (AvgIpc) is 2.32. The number of rotatable bonds is 4. The molecule has 0 amide bonds. The Bertz CT molecular complexity index is 473. The van der Waals surface area contributed by atoms with Crippen LogP contribution in [-0.4, -0.2) is 26.8 Å². The standard InChI is InChI=1S/C14H21NO2S/c1-12-5-7-13(8-6-12)10-18(16,17)11-14-4-2-3-9-15-14/h5-8,14-15H,2-4,9-11H2,1H3. The molecule has 1 aliphatic rings. The van der Waals surface area contributed by atoms with Crippen LogP contribution in [0.15, 0.2) is 24.3 Å². The lowest BCUT2D eigenvalue weighted by Crippen LogP contribution is -2.39. The Morgan fingerprint density at radius 3 is 2.56 bits per heavy atom. The van der Waals surface area contributed by atoms with E-state index in [9.17, 15) is 8.42 Å². The maximum absolute atomic E-state index is 12.1. The molecule has 18 heavy (non-hydrogen) atoms. The van der Waals surface area contributed by atoms with E-state index in [4.69, 9.17) is 0 Å². The fourth-order valence-corrected chi connectivity index (χ4v) is 4.09. The van der Waals surface area contributed by atoms with Crippen LogP contribution in [0.4, 0.5) is 0 Å². The summed E-state index contributed by atoms with van der Waals surface area (Å²) in [5.41, 5.74) is 2.04. The van der Waals surface area contributed by atoms with Gasteiger partial charge in [-0.3, -0.25) is 0 Å². The van der Waals surface area contributed by atoms with Gasteiger partial charge in [-0.1, -0.05) is 36.2 Å². The normalized spacial score (nSPS) is 20.8. The Morgan fingerprint density at radius 1 is 1.22 bits per heavy atom. The Morgan fingerprint density at radius 2 is 1.94 bits per heavy atom. The lowest BCUT2D eigenvalue weighted by atomic mass is 10.1. The molecular weight excluding hydrogens is 246 g/mol. The summed E-state index contributed by atoms with van der Waals surface area (Å²) in [6.07, 6.45) is 3.28. The van der Waals surface area contributed by atoms with E-state index in [0.29, 0.717) is 0 Å². The van der Waals surface area contributed by atoms with Gasteiger partial charge in [0.2, 0.25) is 0 Å². The third-order valence-electron chi connectivity index (χ3n) is 3.37. The molecule has 1 saturated heterocycles. The van der Waals surface area contributed by atoms with E-state index < -0.39 is 9.84 Å². The second kappa shape index (κ2) is 5.85. The summed E-state index contributed by atoms with van der Waals surface area (Å²) >= 11 is 0. The largest absolute Gasteiger partial charge is 0.313 e. The number of nitrogens with one attached hydrogen (secondary N) is 1. The van der Waals surface area contributed by atoms with Crippen LogP contribution in [0.3, 0.4) is 0 Å². The summed E-state index contributed by atoms with van der Waals surface area (Å²) < 4.78 is 24.2. The van der Waals surface area contributed by atoms with Crippen molar-refractivity contribution in [3.8, 4) is 0 Å². The SMILES string of the molecule is Cc1ccc(CS(=O)(=O)CC2CCCCN2)cc1. The van der Waals surface area contributed by atoms with Gasteiger partial charge in [-0.15, -0.1) is 0 Å². The Labute approximate surface area is 110 Å². The van der Waals surface area contributed by atoms with Gasteiger partial charge >= 0.3 is 0 Å². The van der Waals surface area contributed by atoms with E-state index in [-0.39, 0.29) is 17.5 Å². The summed E-state index contributed by atoms with van der Waals surface area (Å²) in [5.74, 6) is 0.423. The molecule has 0 bridgehead atoms. The first-order valence-electron chi connectivity index (χ1n) is 6.54. The van der Waals surface area contributed by atoms with Crippen LogP contribution in [0.1, 0.15) is 30.4 Å². The van der Waals surface area contributed by atoms with Crippen LogP contribution in [0, 0.1) is 6.92 Å². The van der Waals surface area contributed by atoms with E-state index in [1.54, 1.807) is 0 Å². The Balaban J connectivity index is 1.96. The molecule has 3 nitrogen and oxygen atoms in total. The molecule has 1 unspecified atom stereocenters. The predicted molar refractivity (Wildman–Crippen MR) is 74.3 cm³/mol. The quantitative estimate of drug-likeness (QED) is 0.908. The third-order valence-corrected chi connectivity index (χ3v) is 5.06. The van der Waals surface area contributed by atoms with Gasteiger partial charge in [-0.25, -0.2) is 8.42 Å². The van der Waals surface area contributed by atoms with Gasteiger partial charge < -0.3 is 5.32 Å². The molecule has 1 aliphatic heterocycles. The van der Waals surface area contributed by atoms with E-state index in [1.165, 1.54) is 0 Å². The zero-order valence-corrected chi connectivity index (χ0v) is 11.7. The van der Waals surface area contributed by atoms with Crippen molar-refractivity contribution in [2.45, 2.75) is 38.0 Å². The molecule has 0 spiro atoms. The summed E-state index contributed by atoms with van der Waals surface area (Å²) in [4.78, 5) is 0. The van der Waals surface area contributed by atoms with Crippen LogP contribution in [0.5, 0.6) is 0 Å². The van der Waals surface area contributed by atoms with Crippen molar-refractivity contribution in [1.82, 2.24) is 5.32 Å². The van der Waals surface area contributed by atoms with Crippen LogP contribution < -0.4 is 5.32 Å². The summed E-state index contributed by atoms with van der Waals surface area (Å²) in [7, 11) is -3.01. The van der Waals surface area contributed by atoms with E-state index in [2.05, 4.69) is 5.32 Å². The molecule has 0 saturated carbocycles. The van der Waals surface area contributed by atoms with Crippen molar-refractivity contribution >= 4 is 9.84 Å². The minimum Gasteiger partial charge on any atom is -0.313 e. The number of piperidine rings is 1. The zero-order valence-electron chi connectivity index (χ0n) is 10.9. The molecule has 2 rings (SSSR count). The highest BCUT2D eigenvalue weighted by atomic mass is 32.2. The summed E-state index contributed by atoms with van der Waals surface area (Å²) in [5, 5.41) is 3.29. The molecule has 1 atom stereocenters. The molecule has 0 aliphatic carbocycles. The van der Waals surface area contributed by atoms with Crippen LogP contribution in [0.25, 0.3) is 0 Å². The number of sulfone groups is 1. The first-order chi connectivity index (χ1) is 8.55. The van der Waals surface area contributed by atoms with Crippen LogP contribution in [0.2, 0.25) is 0 Å². The molecule has 1 aromatic carbocycles. The highest BCUT2D eigenvalue weighted by molar-refractivity contribution is 7.90. The van der Waals surface area contributed by atoms with Crippen molar-refractivity contribution in [2.75, 3.05) is 12.3 Å². The molecular formula is C14H21NO2S. The maximum atomic E-state index is 12.1. The number of aryl methyl sites for hydroxylation is 1. The van der Waals surface area contributed by atoms with Gasteiger partial charge in [0.25, 0.3) is 0 Å². The van der Waals surface area contributed by atoms with Gasteiger partial charge in [-0.05, 0) is 31.9 Å². The first kappa shape index (κ1) is 13.6. The van der Waals surface area contributed by atoms with E-state index in [1.807, 2.05) is 31.2 Å². The molecule has 0 radical (unpaired) electrons. The number of hydrogen-bond acceptors (Lipinski definition) is 3. The van der Waals surface area contributed by atoms with Crippen molar-refractivity contribution in [3.05, 3.63) is 35.4 Å². The van der Waals surface area contributed by atoms with Gasteiger partial charge in [0.15, 0.2) is 9.84 Å². The number of hydrogen-bond donors (Lipinski definition) is 1. The molecule has 1 heterocycles. The third kappa shape index (κ3) is 4.10. The van der Waals surface area contributed by atoms with Crippen LogP contribution >= 0.6 is 0 Å². The fourth-order valence-electron chi connectivity index (χ4n) is 2.37. The molecule has 4 heteroatoms. The molecule has 0 aromatic heterocycles. The Hall–Kier alpha value is -0.870. The van der Waals surface area contributed by atoms with Crippen molar-refractivity contribution in [1.29, 1.82) is 0 Å². The van der Waals surface area contributed by atoms with Crippen molar-refractivity contribution in [2.24, 2.45) is 0 Å². The average molecular weight is 267 g/mol. The predicted octanol–water partition coefficient (Wildman–Crippen LogP) is 2.05.